The molecule has 0 bridgehead atoms. The number of aromatic nitrogens is 6. The lowest BCUT2D eigenvalue weighted by molar-refractivity contribution is -0.134. The maximum Gasteiger partial charge on any atom is 0.332 e. The average molecular weight is 477 g/mol. The van der Waals surface area contributed by atoms with Crippen molar-refractivity contribution in [2.24, 2.45) is 14.1 Å². The van der Waals surface area contributed by atoms with Crippen molar-refractivity contribution in [1.82, 2.24) is 33.7 Å². The Labute approximate surface area is 193 Å². The highest BCUT2D eigenvalue weighted by Crippen LogP contribution is 2.08. The van der Waals surface area contributed by atoms with E-state index < -0.39 is 23.2 Å². The first-order valence-corrected chi connectivity index (χ1v) is 10.4. The van der Waals surface area contributed by atoms with Gasteiger partial charge < -0.3 is 24.2 Å². The molecule has 2 N–H and O–H groups in total. The van der Waals surface area contributed by atoms with E-state index in [0.717, 1.165) is 24.2 Å². The van der Waals surface area contributed by atoms with Gasteiger partial charge in [0, 0.05) is 39.2 Å². The van der Waals surface area contributed by atoms with Crippen LogP contribution in [0.1, 0.15) is 25.6 Å². The lowest BCUT2D eigenvalue weighted by atomic mass is 10.3. The first kappa shape index (κ1) is 26.2. The van der Waals surface area contributed by atoms with Crippen molar-refractivity contribution in [2.45, 2.75) is 26.8 Å². The van der Waals surface area contributed by atoms with Crippen molar-refractivity contribution >= 4 is 23.1 Å². The van der Waals surface area contributed by atoms with E-state index in [1.165, 1.54) is 17.9 Å². The van der Waals surface area contributed by atoms with E-state index in [1.54, 1.807) is 11.6 Å². The van der Waals surface area contributed by atoms with Crippen LogP contribution in [0.4, 0.5) is 0 Å². The van der Waals surface area contributed by atoms with E-state index >= 15 is 0 Å². The number of aryl methyl sites for hydroxylation is 1. The number of carboxylic acids is 2. The minimum atomic E-state index is -1.26. The number of aliphatic carboxylic acids is 2. The Bertz CT molecular complexity index is 1280. The Morgan fingerprint density at radius 1 is 1.09 bits per heavy atom. The fourth-order valence-electron chi connectivity index (χ4n) is 3.06. The van der Waals surface area contributed by atoms with Crippen LogP contribution in [0.5, 0.6) is 0 Å². The van der Waals surface area contributed by atoms with Crippen molar-refractivity contribution in [2.75, 3.05) is 19.6 Å². The van der Waals surface area contributed by atoms with Crippen LogP contribution in [0.3, 0.4) is 0 Å². The van der Waals surface area contributed by atoms with Crippen molar-refractivity contribution in [3.8, 4) is 0 Å². The molecule has 3 rings (SSSR count). The van der Waals surface area contributed by atoms with E-state index in [1.807, 2.05) is 0 Å². The zero-order valence-electron chi connectivity index (χ0n) is 19.3. The second kappa shape index (κ2) is 11.7. The maximum absolute atomic E-state index is 12.4. The Hall–Kier alpha value is -4.07. The summed E-state index contributed by atoms with van der Waals surface area (Å²) >= 11 is 0. The molecule has 0 atom stereocenters. The van der Waals surface area contributed by atoms with Gasteiger partial charge in [0.2, 0.25) is 5.89 Å². The molecule has 14 nitrogen and oxygen atoms in total. The van der Waals surface area contributed by atoms with Crippen molar-refractivity contribution in [1.29, 1.82) is 0 Å². The molecule has 0 unspecified atom stereocenters. The number of hydrogen-bond donors (Lipinski definition) is 2. The van der Waals surface area contributed by atoms with Crippen LogP contribution in [0.15, 0.2) is 32.6 Å². The summed E-state index contributed by atoms with van der Waals surface area (Å²) in [6, 6.07) is 0. The molecule has 3 aromatic heterocycles. The fraction of sp³-hybridized carbons (Fsp3) is 0.450. The molecule has 14 heteroatoms. The van der Waals surface area contributed by atoms with Gasteiger partial charge in [0.05, 0.1) is 12.9 Å². The minimum absolute atomic E-state index is 0.249. The zero-order chi connectivity index (χ0) is 25.4. The second-order valence-electron chi connectivity index (χ2n) is 7.14. The minimum Gasteiger partial charge on any atom is -0.478 e. The van der Waals surface area contributed by atoms with Crippen molar-refractivity contribution < 1.29 is 24.3 Å². The number of likely N-dealkylation sites (N-methyl/N-ethyl adjacent to an activating group) is 1. The summed E-state index contributed by atoms with van der Waals surface area (Å²) < 4.78 is 9.34. The predicted molar refractivity (Wildman–Crippen MR) is 120 cm³/mol. The summed E-state index contributed by atoms with van der Waals surface area (Å²) in [6.45, 7) is 7.27. The van der Waals surface area contributed by atoms with Gasteiger partial charge >= 0.3 is 17.6 Å². The monoisotopic (exact) mass is 477 g/mol. The molecule has 0 spiro atoms. The van der Waals surface area contributed by atoms with Crippen LogP contribution in [0.2, 0.25) is 0 Å². The summed E-state index contributed by atoms with van der Waals surface area (Å²) in [5, 5.41) is 19.6. The largest absolute Gasteiger partial charge is 0.478 e. The number of fused-ring (bicyclic) bond motifs is 1. The highest BCUT2D eigenvalue weighted by Gasteiger charge is 2.16. The average Bonchev–Trinajstić information content (AvgIpc) is 3.43. The molecule has 0 fully saturated rings. The molecule has 0 aliphatic heterocycles. The summed E-state index contributed by atoms with van der Waals surface area (Å²) in [4.78, 5) is 54.4. The molecule has 34 heavy (non-hydrogen) atoms. The summed E-state index contributed by atoms with van der Waals surface area (Å²) in [7, 11) is 3.03. The van der Waals surface area contributed by atoms with E-state index in [4.69, 9.17) is 14.7 Å². The third-order valence-electron chi connectivity index (χ3n) is 4.94. The van der Waals surface area contributed by atoms with Crippen molar-refractivity contribution in [3.05, 3.63) is 51.0 Å². The first-order valence-electron chi connectivity index (χ1n) is 10.4. The molecule has 3 aromatic rings. The van der Waals surface area contributed by atoms with Crippen LogP contribution in [0, 0.1) is 0 Å². The first-order chi connectivity index (χ1) is 16.1. The summed E-state index contributed by atoms with van der Waals surface area (Å²) in [5.41, 5.74) is -0.135. The van der Waals surface area contributed by atoms with Crippen LogP contribution in [-0.4, -0.2) is 75.5 Å². The molecule has 0 aliphatic carbocycles. The van der Waals surface area contributed by atoms with Gasteiger partial charge in [-0.2, -0.15) is 4.98 Å². The van der Waals surface area contributed by atoms with Gasteiger partial charge in [0.1, 0.15) is 0 Å². The SMILES string of the molecule is CCN(CC)CCc1nc(Cn2cnc3c2c(=O)n(C)c(=O)n3C)no1.O=C(O)/C=C\C(=O)O. The molecule has 0 aliphatic rings. The number of carboxylic acid groups (broad SMARTS) is 2. The standard InChI is InChI=1S/C16H23N7O3.C4H4O4/c1-5-22(6-2)8-7-12-18-11(19-26-12)9-23-10-17-14-13(23)15(24)21(4)16(25)20(14)3;5-3(6)1-2-4(7)8/h10H,5-9H2,1-4H3;1-2H,(H,5,6)(H,7,8)/b;2-1-. The maximum atomic E-state index is 12.4. The highest BCUT2D eigenvalue weighted by molar-refractivity contribution is 5.89. The summed E-state index contributed by atoms with van der Waals surface area (Å²) in [5.74, 6) is -1.48. The van der Waals surface area contributed by atoms with Crippen LogP contribution in [0.25, 0.3) is 11.2 Å². The number of nitrogens with zero attached hydrogens (tertiary/aromatic N) is 7. The number of hydrogen-bond acceptors (Lipinski definition) is 9. The number of carbonyl (C=O) groups is 2. The van der Waals surface area contributed by atoms with Crippen molar-refractivity contribution in [3.63, 3.8) is 0 Å². The van der Waals surface area contributed by atoms with Gasteiger partial charge in [-0.3, -0.25) is 13.9 Å². The van der Waals surface area contributed by atoms with Gasteiger partial charge in [0.25, 0.3) is 5.56 Å². The van der Waals surface area contributed by atoms with Crippen LogP contribution in [-0.2, 0) is 36.6 Å². The predicted octanol–water partition coefficient (Wildman–Crippen LogP) is -0.539. The molecule has 0 aromatic carbocycles. The van der Waals surface area contributed by atoms with Crippen LogP contribution >= 0.6 is 0 Å². The normalized spacial score (nSPS) is 11.2. The zero-order valence-corrected chi connectivity index (χ0v) is 19.3. The van der Waals surface area contributed by atoms with E-state index in [2.05, 4.69) is 33.9 Å². The lowest BCUT2D eigenvalue weighted by Gasteiger charge is -2.15. The molecule has 0 radical (unpaired) electrons. The number of imidazole rings is 1. The van der Waals surface area contributed by atoms with Gasteiger partial charge in [-0.1, -0.05) is 19.0 Å². The Morgan fingerprint density at radius 2 is 1.71 bits per heavy atom. The quantitative estimate of drug-likeness (QED) is 0.378. The molecule has 184 valence electrons. The molecule has 0 saturated heterocycles. The van der Waals surface area contributed by atoms with Gasteiger partial charge in [0.15, 0.2) is 17.0 Å². The molecule has 3 heterocycles. The smallest absolute Gasteiger partial charge is 0.332 e. The molecular weight excluding hydrogens is 450 g/mol. The topological polar surface area (TPSA) is 179 Å². The Morgan fingerprint density at radius 3 is 2.26 bits per heavy atom. The third kappa shape index (κ3) is 6.48. The second-order valence-corrected chi connectivity index (χ2v) is 7.14. The Balaban J connectivity index is 0.000000440. The Kier molecular flexibility index (Phi) is 9.01. The highest BCUT2D eigenvalue weighted by atomic mass is 16.5. The molecule has 0 amide bonds. The fourth-order valence-corrected chi connectivity index (χ4v) is 3.06. The van der Waals surface area contributed by atoms with Crippen LogP contribution < -0.4 is 11.2 Å². The number of rotatable bonds is 9. The van der Waals surface area contributed by atoms with Gasteiger partial charge in [-0.05, 0) is 13.1 Å². The molecule has 0 saturated carbocycles. The van der Waals surface area contributed by atoms with Gasteiger partial charge in [-0.25, -0.2) is 19.4 Å². The van der Waals surface area contributed by atoms with Gasteiger partial charge in [-0.15, -0.1) is 0 Å². The van der Waals surface area contributed by atoms with E-state index in [0.29, 0.717) is 41.5 Å². The summed E-state index contributed by atoms with van der Waals surface area (Å²) in [6.07, 6.45) is 3.30. The third-order valence-corrected chi connectivity index (χ3v) is 4.94. The molecular formula is C20H27N7O7. The lowest BCUT2D eigenvalue weighted by Crippen LogP contribution is -2.37. The van der Waals surface area contributed by atoms with E-state index in [-0.39, 0.29) is 6.54 Å². The van der Waals surface area contributed by atoms with E-state index in [9.17, 15) is 19.2 Å².